The molecule has 0 spiro atoms. The molecule has 1 aromatic heterocycles. The average molecular weight is 239 g/mol. The summed E-state index contributed by atoms with van der Waals surface area (Å²) in [6.45, 7) is 0.577. The van der Waals surface area contributed by atoms with Crippen LogP contribution in [-0.2, 0) is 6.54 Å². The minimum Gasteiger partial charge on any atom is -0.495 e. The second-order valence-corrected chi connectivity index (χ2v) is 3.68. The molecule has 5 nitrogen and oxygen atoms in total. The zero-order valence-corrected chi connectivity index (χ0v) is 9.48. The summed E-state index contributed by atoms with van der Waals surface area (Å²) in [5.74, 6) is 0.920. The van der Waals surface area contributed by atoms with Gasteiger partial charge in [-0.05, 0) is 17.7 Å². The van der Waals surface area contributed by atoms with Gasteiger partial charge in [0.25, 0.3) is 0 Å². The molecule has 2 N–H and O–H groups in total. The second kappa shape index (κ2) is 4.40. The minimum atomic E-state index is 0.264. The van der Waals surface area contributed by atoms with Crippen molar-refractivity contribution in [3.8, 4) is 5.75 Å². The van der Waals surface area contributed by atoms with Crippen LogP contribution in [0.15, 0.2) is 24.5 Å². The fraction of sp³-hybridized carbons (Fsp3) is 0.200. The lowest BCUT2D eigenvalue weighted by Gasteiger charge is -2.05. The van der Waals surface area contributed by atoms with Crippen LogP contribution in [0.25, 0.3) is 0 Å². The Hall–Kier alpha value is -1.75. The number of benzene rings is 1. The Morgan fingerprint density at radius 2 is 2.31 bits per heavy atom. The van der Waals surface area contributed by atoms with Crippen LogP contribution in [0.4, 0.5) is 5.95 Å². The summed E-state index contributed by atoms with van der Waals surface area (Å²) < 4.78 is 6.71. The van der Waals surface area contributed by atoms with E-state index in [0.717, 1.165) is 5.56 Å². The van der Waals surface area contributed by atoms with Gasteiger partial charge in [0.2, 0.25) is 5.95 Å². The van der Waals surface area contributed by atoms with Crippen molar-refractivity contribution < 1.29 is 4.74 Å². The van der Waals surface area contributed by atoms with E-state index >= 15 is 0 Å². The highest BCUT2D eigenvalue weighted by atomic mass is 35.5. The van der Waals surface area contributed by atoms with Crippen LogP contribution in [0.1, 0.15) is 5.56 Å². The Labute approximate surface area is 97.8 Å². The van der Waals surface area contributed by atoms with E-state index < -0.39 is 0 Å². The first-order valence-corrected chi connectivity index (χ1v) is 5.04. The molecule has 0 fully saturated rings. The third kappa shape index (κ3) is 2.25. The molecule has 0 aliphatic carbocycles. The molecule has 0 aliphatic heterocycles. The van der Waals surface area contributed by atoms with Crippen molar-refractivity contribution in [2.24, 2.45) is 0 Å². The topological polar surface area (TPSA) is 66.0 Å². The van der Waals surface area contributed by atoms with Gasteiger partial charge in [-0.15, -0.1) is 5.10 Å². The summed E-state index contributed by atoms with van der Waals surface area (Å²) in [6, 6.07) is 5.57. The Morgan fingerprint density at radius 3 is 2.88 bits per heavy atom. The van der Waals surface area contributed by atoms with Crippen LogP contribution >= 0.6 is 11.6 Å². The van der Waals surface area contributed by atoms with Crippen molar-refractivity contribution in [1.29, 1.82) is 0 Å². The smallest absolute Gasteiger partial charge is 0.239 e. The molecule has 0 bridgehead atoms. The summed E-state index contributed by atoms with van der Waals surface area (Å²) in [7, 11) is 1.58. The van der Waals surface area contributed by atoms with E-state index in [9.17, 15) is 0 Å². The quantitative estimate of drug-likeness (QED) is 0.882. The SMILES string of the molecule is COc1ccc(Cn2cnc(N)n2)cc1Cl. The molecule has 0 saturated heterocycles. The normalized spacial score (nSPS) is 10.4. The van der Waals surface area contributed by atoms with Gasteiger partial charge in [-0.3, -0.25) is 0 Å². The van der Waals surface area contributed by atoms with Gasteiger partial charge >= 0.3 is 0 Å². The maximum absolute atomic E-state index is 6.01. The molecule has 0 saturated carbocycles. The van der Waals surface area contributed by atoms with Crippen LogP contribution in [0.2, 0.25) is 5.02 Å². The van der Waals surface area contributed by atoms with Gasteiger partial charge in [-0.2, -0.15) is 0 Å². The molecular formula is C10H11ClN4O. The molecule has 0 unspecified atom stereocenters. The number of ether oxygens (including phenoxy) is 1. The van der Waals surface area contributed by atoms with Crippen LogP contribution in [0.5, 0.6) is 5.75 Å². The number of hydrogen-bond acceptors (Lipinski definition) is 4. The maximum Gasteiger partial charge on any atom is 0.239 e. The molecule has 84 valence electrons. The largest absolute Gasteiger partial charge is 0.495 e. The molecule has 2 rings (SSSR count). The van der Waals surface area contributed by atoms with Crippen LogP contribution in [0, 0.1) is 0 Å². The van der Waals surface area contributed by atoms with Gasteiger partial charge in [0.1, 0.15) is 12.1 Å². The summed E-state index contributed by atoms with van der Waals surface area (Å²) >= 11 is 6.01. The molecule has 0 aliphatic rings. The molecule has 1 heterocycles. The van der Waals surface area contributed by atoms with Crippen molar-refractivity contribution >= 4 is 17.5 Å². The lowest BCUT2D eigenvalue weighted by atomic mass is 10.2. The van der Waals surface area contributed by atoms with Gasteiger partial charge in [-0.1, -0.05) is 17.7 Å². The lowest BCUT2D eigenvalue weighted by Crippen LogP contribution is -2.01. The van der Waals surface area contributed by atoms with E-state index in [0.29, 0.717) is 17.3 Å². The highest BCUT2D eigenvalue weighted by molar-refractivity contribution is 6.32. The van der Waals surface area contributed by atoms with Crippen molar-refractivity contribution in [3.63, 3.8) is 0 Å². The predicted octanol–water partition coefficient (Wildman–Crippen LogP) is 1.57. The monoisotopic (exact) mass is 238 g/mol. The van der Waals surface area contributed by atoms with Gasteiger partial charge in [0.05, 0.1) is 18.7 Å². The van der Waals surface area contributed by atoms with Crippen LogP contribution in [-0.4, -0.2) is 21.9 Å². The number of nitrogens with zero attached hydrogens (tertiary/aromatic N) is 3. The minimum absolute atomic E-state index is 0.264. The van der Waals surface area contributed by atoms with E-state index in [1.165, 1.54) is 0 Å². The fourth-order valence-electron chi connectivity index (χ4n) is 1.38. The first kappa shape index (κ1) is 10.8. The third-order valence-electron chi connectivity index (χ3n) is 2.11. The number of nitrogens with two attached hydrogens (primary N) is 1. The Bertz CT molecular complexity index is 497. The molecule has 1 aromatic carbocycles. The van der Waals surface area contributed by atoms with Crippen molar-refractivity contribution in [2.45, 2.75) is 6.54 Å². The number of halogens is 1. The highest BCUT2D eigenvalue weighted by Crippen LogP contribution is 2.25. The summed E-state index contributed by atoms with van der Waals surface area (Å²) in [5, 5.41) is 4.56. The number of anilines is 1. The van der Waals surface area contributed by atoms with Crippen molar-refractivity contribution in [3.05, 3.63) is 35.1 Å². The number of rotatable bonds is 3. The Morgan fingerprint density at radius 1 is 1.50 bits per heavy atom. The van der Waals surface area contributed by atoms with Crippen molar-refractivity contribution in [2.75, 3.05) is 12.8 Å². The van der Waals surface area contributed by atoms with E-state index in [4.69, 9.17) is 22.1 Å². The Balaban J connectivity index is 2.19. The van der Waals surface area contributed by atoms with Gasteiger partial charge in [0, 0.05) is 0 Å². The maximum atomic E-state index is 6.01. The molecule has 6 heteroatoms. The number of methoxy groups -OCH3 is 1. The molecule has 16 heavy (non-hydrogen) atoms. The summed E-state index contributed by atoms with van der Waals surface area (Å²) in [5.41, 5.74) is 6.43. The van der Waals surface area contributed by atoms with E-state index in [1.54, 1.807) is 18.1 Å². The first-order chi connectivity index (χ1) is 7.69. The molecule has 2 aromatic rings. The number of nitrogen functional groups attached to an aromatic ring is 1. The van der Waals surface area contributed by atoms with Gasteiger partial charge in [0.15, 0.2) is 0 Å². The van der Waals surface area contributed by atoms with Crippen LogP contribution in [0.3, 0.4) is 0 Å². The lowest BCUT2D eigenvalue weighted by molar-refractivity contribution is 0.415. The summed E-state index contributed by atoms with van der Waals surface area (Å²) in [4.78, 5) is 3.84. The highest BCUT2D eigenvalue weighted by Gasteiger charge is 2.03. The van der Waals surface area contributed by atoms with E-state index in [-0.39, 0.29) is 5.95 Å². The number of hydrogen-bond donors (Lipinski definition) is 1. The first-order valence-electron chi connectivity index (χ1n) is 4.66. The molecule has 0 radical (unpaired) electrons. The Kier molecular flexibility index (Phi) is 2.96. The third-order valence-corrected chi connectivity index (χ3v) is 2.41. The van der Waals surface area contributed by atoms with E-state index in [2.05, 4.69) is 10.1 Å². The summed E-state index contributed by atoms with van der Waals surface area (Å²) in [6.07, 6.45) is 1.58. The number of aromatic nitrogens is 3. The fourth-order valence-corrected chi connectivity index (χ4v) is 1.66. The van der Waals surface area contributed by atoms with Crippen LogP contribution < -0.4 is 10.5 Å². The van der Waals surface area contributed by atoms with Gasteiger partial charge < -0.3 is 10.5 Å². The average Bonchev–Trinajstić information content (AvgIpc) is 2.64. The predicted molar refractivity (Wildman–Crippen MR) is 61.5 cm³/mol. The molecule has 0 amide bonds. The molecular weight excluding hydrogens is 228 g/mol. The van der Waals surface area contributed by atoms with E-state index in [1.807, 2.05) is 18.2 Å². The second-order valence-electron chi connectivity index (χ2n) is 3.27. The zero-order chi connectivity index (χ0) is 11.5. The van der Waals surface area contributed by atoms with Gasteiger partial charge in [-0.25, -0.2) is 9.67 Å². The molecule has 0 atom stereocenters. The standard InChI is InChI=1S/C10H11ClN4O/c1-16-9-3-2-7(4-8(9)11)5-15-6-13-10(12)14-15/h2-4,6H,5H2,1H3,(H2,12,14). The van der Waals surface area contributed by atoms with Crippen molar-refractivity contribution in [1.82, 2.24) is 14.8 Å². The zero-order valence-electron chi connectivity index (χ0n) is 8.72.